The predicted octanol–water partition coefficient (Wildman–Crippen LogP) is 5.68. The molecule has 2 aromatic heterocycles. The number of ether oxygens (including phenoxy) is 1. The average molecular weight is 462 g/mol. The van der Waals surface area contributed by atoms with Gasteiger partial charge in [-0.05, 0) is 79.5 Å². The number of amides is 1. The molecule has 1 atom stereocenters. The summed E-state index contributed by atoms with van der Waals surface area (Å²) in [7, 11) is 2.12. The summed E-state index contributed by atoms with van der Waals surface area (Å²) in [5, 5.41) is 8.40. The van der Waals surface area contributed by atoms with E-state index in [1.807, 2.05) is 44.2 Å². The molecule has 2 aromatic carbocycles. The topological polar surface area (TPSA) is 57.4 Å². The van der Waals surface area contributed by atoms with E-state index in [2.05, 4.69) is 58.1 Å². The van der Waals surface area contributed by atoms with Crippen molar-refractivity contribution in [2.45, 2.75) is 40.0 Å². The summed E-state index contributed by atoms with van der Waals surface area (Å²) in [4.78, 5) is 18.5. The number of H-pyrrole nitrogens is 1. The monoisotopic (exact) mass is 461 g/mol. The molecule has 5 nitrogen and oxygen atoms in total. The lowest BCUT2D eigenvalue weighted by molar-refractivity contribution is 0.0933. The predicted molar refractivity (Wildman–Crippen MR) is 136 cm³/mol. The maximum Gasteiger partial charge on any atom is 0.253 e. The lowest BCUT2D eigenvalue weighted by Gasteiger charge is -2.18. The Morgan fingerprint density at radius 1 is 1.12 bits per heavy atom. The Kier molecular flexibility index (Phi) is 7.16. The Morgan fingerprint density at radius 3 is 2.70 bits per heavy atom. The second-order valence-electron chi connectivity index (χ2n) is 8.69. The number of carbonyl (C=O) groups is 1. The van der Waals surface area contributed by atoms with Gasteiger partial charge in [-0.15, -0.1) is 0 Å². The van der Waals surface area contributed by atoms with Gasteiger partial charge in [-0.25, -0.2) is 0 Å². The molecule has 1 amide bonds. The number of aromatic amines is 1. The summed E-state index contributed by atoms with van der Waals surface area (Å²) >= 11 is 1.73. The van der Waals surface area contributed by atoms with Crippen LogP contribution in [0.15, 0.2) is 59.3 Å². The summed E-state index contributed by atoms with van der Waals surface area (Å²) in [5.41, 5.74) is 6.34. The first kappa shape index (κ1) is 23.1. The maximum absolute atomic E-state index is 12.9. The standard InChI is InChI=1S/C27H31N3O2S/c1-18(14-28-27(31)25-10-6-9-24-19(2)20(3)29-26(24)25)32-23-8-5-7-21(13-23)15-30(4)16-22-11-12-33-17-22/h5-13,17-18,29H,14-16H2,1-4H3,(H,28,31). The Hall–Kier alpha value is -3.09. The number of para-hydroxylation sites is 1. The number of aryl methyl sites for hydroxylation is 2. The minimum atomic E-state index is -0.154. The normalized spacial score (nSPS) is 12.3. The van der Waals surface area contributed by atoms with E-state index in [4.69, 9.17) is 4.74 Å². The van der Waals surface area contributed by atoms with Gasteiger partial charge in [-0.2, -0.15) is 11.3 Å². The molecule has 0 fully saturated rings. The van der Waals surface area contributed by atoms with Gasteiger partial charge in [-0.1, -0.05) is 24.3 Å². The van der Waals surface area contributed by atoms with E-state index >= 15 is 0 Å². The summed E-state index contributed by atoms with van der Waals surface area (Å²) in [6, 6.07) is 16.2. The average Bonchev–Trinajstić information content (AvgIpc) is 3.40. The van der Waals surface area contributed by atoms with Crippen LogP contribution in [-0.2, 0) is 13.1 Å². The Bertz CT molecular complexity index is 1230. The number of fused-ring (bicyclic) bond motifs is 1. The van der Waals surface area contributed by atoms with Crippen LogP contribution in [0.4, 0.5) is 0 Å². The number of nitrogens with one attached hydrogen (secondary N) is 2. The number of benzene rings is 2. The lowest BCUT2D eigenvalue weighted by Crippen LogP contribution is -2.33. The van der Waals surface area contributed by atoms with Gasteiger partial charge in [0.15, 0.2) is 0 Å². The van der Waals surface area contributed by atoms with E-state index in [9.17, 15) is 4.79 Å². The molecule has 0 bridgehead atoms. The number of hydrogen-bond donors (Lipinski definition) is 2. The van der Waals surface area contributed by atoms with Crippen molar-refractivity contribution in [1.29, 1.82) is 0 Å². The maximum atomic E-state index is 12.9. The summed E-state index contributed by atoms with van der Waals surface area (Å²) in [5.74, 6) is 0.719. The van der Waals surface area contributed by atoms with Gasteiger partial charge >= 0.3 is 0 Å². The number of aromatic nitrogens is 1. The lowest BCUT2D eigenvalue weighted by atomic mass is 10.1. The van der Waals surface area contributed by atoms with E-state index < -0.39 is 0 Å². The van der Waals surface area contributed by atoms with Crippen LogP contribution in [0.1, 0.15) is 39.7 Å². The van der Waals surface area contributed by atoms with Gasteiger partial charge in [-0.3, -0.25) is 9.69 Å². The molecule has 0 radical (unpaired) electrons. The minimum Gasteiger partial charge on any atom is -0.489 e. The molecule has 0 spiro atoms. The van der Waals surface area contributed by atoms with Crippen LogP contribution in [-0.4, -0.2) is 35.5 Å². The van der Waals surface area contributed by atoms with Gasteiger partial charge in [0.2, 0.25) is 0 Å². The number of rotatable bonds is 9. The third kappa shape index (κ3) is 5.64. The third-order valence-electron chi connectivity index (χ3n) is 5.86. The summed E-state index contributed by atoms with van der Waals surface area (Å²) < 4.78 is 6.10. The molecule has 4 rings (SSSR count). The van der Waals surface area contributed by atoms with Crippen LogP contribution in [0.3, 0.4) is 0 Å². The van der Waals surface area contributed by atoms with Gasteiger partial charge < -0.3 is 15.0 Å². The van der Waals surface area contributed by atoms with Crippen molar-refractivity contribution in [2.75, 3.05) is 13.6 Å². The van der Waals surface area contributed by atoms with Crippen LogP contribution in [0, 0.1) is 13.8 Å². The SMILES string of the molecule is Cc1[nH]c2c(C(=O)NCC(C)Oc3cccc(CN(C)Cc4ccsc4)c3)cccc2c1C. The number of nitrogens with zero attached hydrogens (tertiary/aromatic N) is 1. The van der Waals surface area contributed by atoms with Crippen LogP contribution in [0.5, 0.6) is 5.75 Å². The number of thiophene rings is 1. The Balaban J connectivity index is 1.33. The zero-order valence-corrected chi connectivity index (χ0v) is 20.5. The molecule has 6 heteroatoms. The molecular formula is C27H31N3O2S. The second kappa shape index (κ2) is 10.2. The van der Waals surface area contributed by atoms with Crippen molar-refractivity contribution in [3.05, 3.63) is 87.2 Å². The third-order valence-corrected chi connectivity index (χ3v) is 6.59. The van der Waals surface area contributed by atoms with Crippen molar-refractivity contribution >= 4 is 28.1 Å². The fraction of sp³-hybridized carbons (Fsp3) is 0.296. The molecule has 2 N–H and O–H groups in total. The molecule has 0 saturated carbocycles. The molecule has 0 saturated heterocycles. The number of carbonyl (C=O) groups excluding carboxylic acids is 1. The molecule has 4 aromatic rings. The van der Waals surface area contributed by atoms with Crippen molar-refractivity contribution < 1.29 is 9.53 Å². The zero-order chi connectivity index (χ0) is 23.4. The quantitative estimate of drug-likeness (QED) is 0.337. The molecule has 0 aliphatic carbocycles. The van der Waals surface area contributed by atoms with Gasteiger partial charge in [0, 0.05) is 24.2 Å². The van der Waals surface area contributed by atoms with Crippen LogP contribution < -0.4 is 10.1 Å². The molecule has 0 aliphatic heterocycles. The van der Waals surface area contributed by atoms with Crippen LogP contribution in [0.2, 0.25) is 0 Å². The number of hydrogen-bond acceptors (Lipinski definition) is 4. The Morgan fingerprint density at radius 2 is 1.91 bits per heavy atom. The molecule has 1 unspecified atom stereocenters. The highest BCUT2D eigenvalue weighted by Gasteiger charge is 2.15. The van der Waals surface area contributed by atoms with E-state index in [1.165, 1.54) is 16.7 Å². The molecule has 0 aliphatic rings. The Labute approximate surface area is 199 Å². The molecule has 2 heterocycles. The van der Waals surface area contributed by atoms with E-state index in [0.29, 0.717) is 12.1 Å². The second-order valence-corrected chi connectivity index (χ2v) is 9.47. The largest absolute Gasteiger partial charge is 0.489 e. The minimum absolute atomic E-state index is 0.0962. The highest BCUT2D eigenvalue weighted by atomic mass is 32.1. The first-order valence-electron chi connectivity index (χ1n) is 11.2. The smallest absolute Gasteiger partial charge is 0.253 e. The fourth-order valence-electron chi connectivity index (χ4n) is 4.06. The van der Waals surface area contributed by atoms with Crippen molar-refractivity contribution in [3.8, 4) is 5.75 Å². The highest BCUT2D eigenvalue weighted by molar-refractivity contribution is 7.07. The van der Waals surface area contributed by atoms with Crippen molar-refractivity contribution in [1.82, 2.24) is 15.2 Å². The van der Waals surface area contributed by atoms with Gasteiger partial charge in [0.05, 0.1) is 17.6 Å². The fourth-order valence-corrected chi connectivity index (χ4v) is 4.72. The summed E-state index contributed by atoms with van der Waals surface area (Å²) in [6.07, 6.45) is -0.154. The van der Waals surface area contributed by atoms with E-state index in [0.717, 1.165) is 35.4 Å². The van der Waals surface area contributed by atoms with Gasteiger partial charge in [0.25, 0.3) is 5.91 Å². The van der Waals surface area contributed by atoms with E-state index in [1.54, 1.807) is 11.3 Å². The first-order chi connectivity index (χ1) is 15.9. The van der Waals surface area contributed by atoms with E-state index in [-0.39, 0.29) is 12.0 Å². The molecular weight excluding hydrogens is 430 g/mol. The van der Waals surface area contributed by atoms with Crippen LogP contribution >= 0.6 is 11.3 Å². The van der Waals surface area contributed by atoms with Crippen molar-refractivity contribution in [2.24, 2.45) is 0 Å². The zero-order valence-electron chi connectivity index (χ0n) is 19.6. The highest BCUT2D eigenvalue weighted by Crippen LogP contribution is 2.24. The van der Waals surface area contributed by atoms with Gasteiger partial charge in [0.1, 0.15) is 11.9 Å². The summed E-state index contributed by atoms with van der Waals surface area (Å²) in [6.45, 7) is 8.26. The first-order valence-corrected chi connectivity index (χ1v) is 12.2. The van der Waals surface area contributed by atoms with Crippen LogP contribution in [0.25, 0.3) is 10.9 Å². The molecule has 33 heavy (non-hydrogen) atoms. The molecule has 172 valence electrons. The van der Waals surface area contributed by atoms with Crippen molar-refractivity contribution in [3.63, 3.8) is 0 Å².